The summed E-state index contributed by atoms with van der Waals surface area (Å²) >= 11 is 0. The van der Waals surface area contributed by atoms with Gasteiger partial charge in [-0.1, -0.05) is 13.8 Å². The molecule has 0 aliphatic carbocycles. The standard InChI is InChI=1S/C18H30N2O5S/c1-14(2)11-15(20-7-9-25-10-8-20)13-19-26(21,22)16-5-6-17(23-3)18(12-16)24-4/h5-6,12,14-15,19H,7-11,13H2,1-4H3/t15-/m1/s1. The van der Waals surface area contributed by atoms with Crippen LogP contribution < -0.4 is 14.2 Å². The molecule has 1 aromatic carbocycles. The summed E-state index contributed by atoms with van der Waals surface area (Å²) in [5.41, 5.74) is 0. The molecule has 2 rings (SSSR count). The van der Waals surface area contributed by atoms with E-state index in [0.717, 1.165) is 19.5 Å². The van der Waals surface area contributed by atoms with Crippen molar-refractivity contribution in [3.8, 4) is 11.5 Å². The minimum atomic E-state index is -3.63. The van der Waals surface area contributed by atoms with Gasteiger partial charge in [-0.15, -0.1) is 0 Å². The molecule has 26 heavy (non-hydrogen) atoms. The van der Waals surface area contributed by atoms with Gasteiger partial charge in [0.25, 0.3) is 0 Å². The monoisotopic (exact) mass is 386 g/mol. The molecule has 1 aromatic rings. The summed E-state index contributed by atoms with van der Waals surface area (Å²) in [6.07, 6.45) is 0.925. The number of ether oxygens (including phenoxy) is 3. The molecule has 1 atom stereocenters. The Balaban J connectivity index is 2.10. The lowest BCUT2D eigenvalue weighted by molar-refractivity contribution is 0.0134. The van der Waals surface area contributed by atoms with Gasteiger partial charge in [0.15, 0.2) is 11.5 Å². The lowest BCUT2D eigenvalue weighted by atomic mass is 10.0. The molecule has 1 N–H and O–H groups in total. The van der Waals surface area contributed by atoms with Crippen molar-refractivity contribution in [2.75, 3.05) is 47.1 Å². The third-order valence-electron chi connectivity index (χ3n) is 4.48. The van der Waals surface area contributed by atoms with Crippen LogP contribution in [0, 0.1) is 5.92 Å². The molecule has 0 spiro atoms. The minimum absolute atomic E-state index is 0.147. The molecule has 1 fully saturated rings. The minimum Gasteiger partial charge on any atom is -0.493 e. The number of hydrogen-bond acceptors (Lipinski definition) is 6. The molecule has 0 amide bonds. The van der Waals surface area contributed by atoms with Crippen molar-refractivity contribution in [2.45, 2.75) is 31.2 Å². The highest BCUT2D eigenvalue weighted by Gasteiger charge is 2.25. The number of rotatable bonds is 9. The molecule has 8 heteroatoms. The fourth-order valence-electron chi connectivity index (χ4n) is 3.12. The van der Waals surface area contributed by atoms with Crippen molar-refractivity contribution in [1.29, 1.82) is 0 Å². The topological polar surface area (TPSA) is 77.1 Å². The number of nitrogens with one attached hydrogen (secondary N) is 1. The van der Waals surface area contributed by atoms with E-state index in [1.807, 2.05) is 0 Å². The Bertz CT molecular complexity index is 672. The SMILES string of the molecule is COc1ccc(S(=O)(=O)NC[C@@H](CC(C)C)N2CCOCC2)cc1OC. The first-order valence-electron chi connectivity index (χ1n) is 8.91. The Hall–Kier alpha value is -1.35. The van der Waals surface area contributed by atoms with E-state index in [1.165, 1.54) is 26.4 Å². The quantitative estimate of drug-likeness (QED) is 0.696. The maximum absolute atomic E-state index is 12.7. The Kier molecular flexibility index (Phi) is 7.69. The van der Waals surface area contributed by atoms with Crippen molar-refractivity contribution in [3.05, 3.63) is 18.2 Å². The molecule has 0 saturated carbocycles. The predicted octanol–water partition coefficient (Wildman–Crippen LogP) is 1.73. The van der Waals surface area contributed by atoms with E-state index in [9.17, 15) is 8.42 Å². The smallest absolute Gasteiger partial charge is 0.240 e. The van der Waals surface area contributed by atoms with Crippen LogP contribution in [-0.2, 0) is 14.8 Å². The fraction of sp³-hybridized carbons (Fsp3) is 0.667. The van der Waals surface area contributed by atoms with E-state index < -0.39 is 10.0 Å². The van der Waals surface area contributed by atoms with Gasteiger partial charge in [-0.3, -0.25) is 4.90 Å². The third-order valence-corrected chi connectivity index (χ3v) is 5.90. The zero-order valence-corrected chi connectivity index (χ0v) is 16.8. The van der Waals surface area contributed by atoms with Crippen LogP contribution in [0.4, 0.5) is 0 Å². The number of sulfonamides is 1. The summed E-state index contributed by atoms with van der Waals surface area (Å²) in [5, 5.41) is 0. The van der Waals surface area contributed by atoms with Crippen molar-refractivity contribution in [3.63, 3.8) is 0 Å². The molecule has 7 nitrogen and oxygen atoms in total. The summed E-state index contributed by atoms with van der Waals surface area (Å²) < 4.78 is 44.0. The summed E-state index contributed by atoms with van der Waals surface area (Å²) in [7, 11) is -0.629. The Morgan fingerprint density at radius 1 is 1.15 bits per heavy atom. The van der Waals surface area contributed by atoms with Crippen molar-refractivity contribution in [1.82, 2.24) is 9.62 Å². The third kappa shape index (κ3) is 5.57. The fourth-order valence-corrected chi connectivity index (χ4v) is 4.21. The van der Waals surface area contributed by atoms with Crippen LogP contribution in [0.5, 0.6) is 11.5 Å². The summed E-state index contributed by atoms with van der Waals surface area (Å²) in [6, 6.07) is 4.75. The van der Waals surface area contributed by atoms with Crippen LogP contribution >= 0.6 is 0 Å². The molecule has 0 bridgehead atoms. The first kappa shape index (κ1) is 21.0. The molecular weight excluding hydrogens is 356 g/mol. The number of nitrogens with zero attached hydrogens (tertiary/aromatic N) is 1. The second kappa shape index (κ2) is 9.55. The molecular formula is C18H30N2O5S. The number of hydrogen-bond donors (Lipinski definition) is 1. The molecule has 1 aliphatic rings. The Labute approximate surface area is 156 Å². The first-order chi connectivity index (χ1) is 12.4. The second-order valence-corrected chi connectivity index (χ2v) is 8.57. The van der Waals surface area contributed by atoms with Crippen molar-refractivity contribution in [2.24, 2.45) is 5.92 Å². The second-order valence-electron chi connectivity index (χ2n) is 6.80. The molecule has 0 radical (unpaired) electrons. The maximum atomic E-state index is 12.7. The zero-order valence-electron chi connectivity index (χ0n) is 16.0. The molecule has 0 aromatic heterocycles. The van der Waals surface area contributed by atoms with Crippen LogP contribution in [0.25, 0.3) is 0 Å². The highest BCUT2D eigenvalue weighted by molar-refractivity contribution is 7.89. The van der Waals surface area contributed by atoms with Crippen LogP contribution in [-0.4, -0.2) is 66.4 Å². The van der Waals surface area contributed by atoms with Crippen molar-refractivity contribution >= 4 is 10.0 Å². The summed E-state index contributed by atoms with van der Waals surface area (Å²) in [5.74, 6) is 1.37. The van der Waals surface area contributed by atoms with Gasteiger partial charge in [-0.25, -0.2) is 13.1 Å². The Morgan fingerprint density at radius 2 is 1.81 bits per heavy atom. The molecule has 148 valence electrons. The molecule has 0 unspecified atom stereocenters. The van der Waals surface area contributed by atoms with E-state index in [1.54, 1.807) is 6.07 Å². The lowest BCUT2D eigenvalue weighted by Gasteiger charge is -2.35. The van der Waals surface area contributed by atoms with Gasteiger partial charge in [0, 0.05) is 31.7 Å². The largest absolute Gasteiger partial charge is 0.493 e. The van der Waals surface area contributed by atoms with Gasteiger partial charge in [0.2, 0.25) is 10.0 Å². The predicted molar refractivity (Wildman–Crippen MR) is 100 cm³/mol. The Morgan fingerprint density at radius 3 is 2.38 bits per heavy atom. The summed E-state index contributed by atoms with van der Waals surface area (Å²) in [4.78, 5) is 2.47. The van der Waals surface area contributed by atoms with E-state index >= 15 is 0 Å². The van der Waals surface area contributed by atoms with Gasteiger partial charge in [-0.2, -0.15) is 0 Å². The van der Waals surface area contributed by atoms with Crippen LogP contribution in [0.1, 0.15) is 20.3 Å². The van der Waals surface area contributed by atoms with Crippen LogP contribution in [0.3, 0.4) is 0 Å². The maximum Gasteiger partial charge on any atom is 0.240 e. The van der Waals surface area contributed by atoms with Crippen LogP contribution in [0.15, 0.2) is 23.1 Å². The average Bonchev–Trinajstić information content (AvgIpc) is 2.64. The van der Waals surface area contributed by atoms with E-state index in [-0.39, 0.29) is 10.9 Å². The number of methoxy groups -OCH3 is 2. The molecule has 1 heterocycles. The van der Waals surface area contributed by atoms with Gasteiger partial charge in [0.1, 0.15) is 0 Å². The van der Waals surface area contributed by atoms with Gasteiger partial charge < -0.3 is 14.2 Å². The van der Waals surface area contributed by atoms with E-state index in [2.05, 4.69) is 23.5 Å². The average molecular weight is 387 g/mol. The lowest BCUT2D eigenvalue weighted by Crippen LogP contribution is -2.49. The number of morpholine rings is 1. The van der Waals surface area contributed by atoms with Gasteiger partial charge in [-0.05, 0) is 24.5 Å². The summed E-state index contributed by atoms with van der Waals surface area (Å²) in [6.45, 7) is 7.71. The highest BCUT2D eigenvalue weighted by atomic mass is 32.2. The highest BCUT2D eigenvalue weighted by Crippen LogP contribution is 2.29. The van der Waals surface area contributed by atoms with Gasteiger partial charge in [0.05, 0.1) is 32.3 Å². The van der Waals surface area contributed by atoms with Crippen LogP contribution in [0.2, 0.25) is 0 Å². The zero-order chi connectivity index (χ0) is 19.2. The van der Waals surface area contributed by atoms with Gasteiger partial charge >= 0.3 is 0 Å². The van der Waals surface area contributed by atoms with E-state index in [0.29, 0.717) is 37.2 Å². The van der Waals surface area contributed by atoms with Crippen molar-refractivity contribution < 1.29 is 22.6 Å². The molecule has 1 saturated heterocycles. The normalized spacial score (nSPS) is 17.3. The molecule has 1 aliphatic heterocycles. The first-order valence-corrected chi connectivity index (χ1v) is 10.4. The number of benzene rings is 1. The van der Waals surface area contributed by atoms with E-state index in [4.69, 9.17) is 14.2 Å².